The highest BCUT2D eigenvalue weighted by atomic mass is 15.3. The van der Waals surface area contributed by atoms with E-state index in [1.165, 1.54) is 13.1 Å². The van der Waals surface area contributed by atoms with Crippen molar-refractivity contribution in [3.05, 3.63) is 0 Å². The van der Waals surface area contributed by atoms with Crippen molar-refractivity contribution < 1.29 is 0 Å². The van der Waals surface area contributed by atoms with Gasteiger partial charge in [0.15, 0.2) is 0 Å². The molecule has 1 saturated heterocycles. The summed E-state index contributed by atoms with van der Waals surface area (Å²) in [5.41, 5.74) is 6.24. The van der Waals surface area contributed by atoms with Crippen LogP contribution in [0.25, 0.3) is 0 Å². The first-order chi connectivity index (χ1) is 7.09. The second kappa shape index (κ2) is 5.28. The van der Waals surface area contributed by atoms with E-state index in [0.29, 0.717) is 6.04 Å². The minimum absolute atomic E-state index is 0.237. The lowest BCUT2D eigenvalue weighted by Gasteiger charge is -2.50. The Morgan fingerprint density at radius 1 is 1.27 bits per heavy atom. The van der Waals surface area contributed by atoms with Gasteiger partial charge in [-0.2, -0.15) is 0 Å². The van der Waals surface area contributed by atoms with E-state index >= 15 is 0 Å². The third-order valence-corrected chi connectivity index (χ3v) is 4.14. The monoisotopic (exact) mass is 213 g/mol. The van der Waals surface area contributed by atoms with Crippen LogP contribution in [0.1, 0.15) is 33.6 Å². The van der Waals surface area contributed by atoms with Crippen LogP contribution in [0.15, 0.2) is 0 Å². The van der Waals surface area contributed by atoms with Crippen molar-refractivity contribution in [1.29, 1.82) is 0 Å². The molecule has 1 unspecified atom stereocenters. The van der Waals surface area contributed by atoms with Crippen LogP contribution < -0.4 is 5.73 Å². The molecule has 0 aromatic carbocycles. The Morgan fingerprint density at radius 3 is 2.27 bits per heavy atom. The Morgan fingerprint density at radius 2 is 1.87 bits per heavy atom. The van der Waals surface area contributed by atoms with Crippen molar-refractivity contribution in [2.75, 3.05) is 33.2 Å². The molecule has 1 aliphatic rings. The van der Waals surface area contributed by atoms with E-state index in [0.717, 1.165) is 25.9 Å². The normalized spacial score (nSPS) is 25.8. The number of hydrogen-bond donors (Lipinski definition) is 1. The van der Waals surface area contributed by atoms with E-state index in [1.54, 1.807) is 0 Å². The molecule has 0 amide bonds. The van der Waals surface area contributed by atoms with Crippen LogP contribution in [0.2, 0.25) is 0 Å². The molecule has 0 spiro atoms. The summed E-state index contributed by atoms with van der Waals surface area (Å²) in [6.45, 7) is 11.1. The fraction of sp³-hybridized carbons (Fsp3) is 1.00. The fourth-order valence-corrected chi connectivity index (χ4v) is 2.91. The quantitative estimate of drug-likeness (QED) is 0.760. The minimum Gasteiger partial charge on any atom is -0.329 e. The van der Waals surface area contributed by atoms with Gasteiger partial charge in [-0.15, -0.1) is 0 Å². The molecule has 0 aromatic heterocycles. The largest absolute Gasteiger partial charge is 0.329 e. The SMILES string of the molecule is CCC(CC)(CN)N1CCN(C)CC1C. The van der Waals surface area contributed by atoms with E-state index < -0.39 is 0 Å². The van der Waals surface area contributed by atoms with E-state index in [4.69, 9.17) is 5.73 Å². The molecule has 15 heavy (non-hydrogen) atoms. The molecule has 0 aromatic rings. The molecule has 0 bridgehead atoms. The van der Waals surface area contributed by atoms with Crippen LogP contribution in [-0.2, 0) is 0 Å². The lowest BCUT2D eigenvalue weighted by atomic mass is 9.88. The molecule has 1 fully saturated rings. The number of nitrogens with two attached hydrogens (primary N) is 1. The third kappa shape index (κ3) is 2.52. The van der Waals surface area contributed by atoms with Gasteiger partial charge in [-0.1, -0.05) is 13.8 Å². The molecule has 0 radical (unpaired) electrons. The predicted octanol–water partition coefficient (Wildman–Crippen LogP) is 1.14. The topological polar surface area (TPSA) is 32.5 Å². The Kier molecular flexibility index (Phi) is 4.56. The molecule has 1 aliphatic heterocycles. The number of piperazine rings is 1. The van der Waals surface area contributed by atoms with Crippen molar-refractivity contribution in [3.63, 3.8) is 0 Å². The summed E-state index contributed by atoms with van der Waals surface area (Å²) >= 11 is 0. The smallest absolute Gasteiger partial charge is 0.0330 e. The van der Waals surface area contributed by atoms with Gasteiger partial charge in [-0.3, -0.25) is 4.90 Å². The maximum atomic E-state index is 6.00. The number of hydrogen-bond acceptors (Lipinski definition) is 3. The van der Waals surface area contributed by atoms with Gasteiger partial charge in [0.2, 0.25) is 0 Å². The summed E-state index contributed by atoms with van der Waals surface area (Å²) in [6, 6.07) is 0.632. The van der Waals surface area contributed by atoms with Gasteiger partial charge in [0.25, 0.3) is 0 Å². The van der Waals surface area contributed by atoms with Crippen molar-refractivity contribution in [1.82, 2.24) is 9.80 Å². The molecule has 0 aliphatic carbocycles. The summed E-state index contributed by atoms with van der Waals surface area (Å²) < 4.78 is 0. The highest BCUT2D eigenvalue weighted by Gasteiger charge is 2.37. The van der Waals surface area contributed by atoms with Crippen molar-refractivity contribution in [3.8, 4) is 0 Å². The summed E-state index contributed by atoms with van der Waals surface area (Å²) in [6.07, 6.45) is 2.32. The Balaban J connectivity index is 2.75. The zero-order valence-electron chi connectivity index (χ0n) is 10.8. The van der Waals surface area contributed by atoms with Gasteiger partial charge >= 0.3 is 0 Å². The third-order valence-electron chi connectivity index (χ3n) is 4.14. The Bertz CT molecular complexity index is 181. The summed E-state index contributed by atoms with van der Waals surface area (Å²) in [5, 5.41) is 0. The molecular formula is C12H27N3. The fourth-order valence-electron chi connectivity index (χ4n) is 2.91. The van der Waals surface area contributed by atoms with Gasteiger partial charge in [0.05, 0.1) is 0 Å². The predicted molar refractivity (Wildman–Crippen MR) is 66.0 cm³/mol. The molecular weight excluding hydrogens is 186 g/mol. The van der Waals surface area contributed by atoms with E-state index in [2.05, 4.69) is 37.6 Å². The van der Waals surface area contributed by atoms with Crippen LogP contribution in [0.4, 0.5) is 0 Å². The standard InChI is InChI=1S/C12H27N3/c1-5-12(6-2,10-13)15-8-7-14(4)9-11(15)3/h11H,5-10,13H2,1-4H3. The Hall–Kier alpha value is -0.120. The van der Waals surface area contributed by atoms with E-state index in [1.807, 2.05) is 0 Å². The number of rotatable bonds is 4. The van der Waals surface area contributed by atoms with Crippen molar-refractivity contribution in [2.24, 2.45) is 5.73 Å². The summed E-state index contributed by atoms with van der Waals surface area (Å²) in [4.78, 5) is 5.04. The second-order valence-corrected chi connectivity index (χ2v) is 4.94. The lowest BCUT2D eigenvalue weighted by Crippen LogP contribution is -2.62. The maximum absolute atomic E-state index is 6.00. The minimum atomic E-state index is 0.237. The molecule has 1 heterocycles. The first kappa shape index (κ1) is 12.9. The molecule has 3 heteroatoms. The van der Waals surface area contributed by atoms with Gasteiger partial charge in [-0.25, -0.2) is 0 Å². The van der Waals surface area contributed by atoms with Crippen molar-refractivity contribution >= 4 is 0 Å². The van der Waals surface area contributed by atoms with Crippen LogP contribution in [-0.4, -0.2) is 54.6 Å². The van der Waals surface area contributed by atoms with Crippen LogP contribution in [0, 0.1) is 0 Å². The van der Waals surface area contributed by atoms with Gasteiger partial charge in [0.1, 0.15) is 0 Å². The molecule has 1 rings (SSSR count). The highest BCUT2D eigenvalue weighted by molar-refractivity contribution is 4.94. The zero-order valence-corrected chi connectivity index (χ0v) is 10.8. The first-order valence-corrected chi connectivity index (χ1v) is 6.25. The van der Waals surface area contributed by atoms with Gasteiger partial charge < -0.3 is 10.6 Å². The second-order valence-electron chi connectivity index (χ2n) is 4.94. The average molecular weight is 213 g/mol. The molecule has 0 saturated carbocycles. The first-order valence-electron chi connectivity index (χ1n) is 6.25. The summed E-state index contributed by atoms with van der Waals surface area (Å²) in [7, 11) is 2.20. The van der Waals surface area contributed by atoms with Gasteiger partial charge in [0, 0.05) is 37.8 Å². The van der Waals surface area contributed by atoms with Crippen LogP contribution in [0.5, 0.6) is 0 Å². The molecule has 2 N–H and O–H groups in total. The Labute approximate surface area is 94.6 Å². The summed E-state index contributed by atoms with van der Waals surface area (Å²) in [5.74, 6) is 0. The molecule has 3 nitrogen and oxygen atoms in total. The van der Waals surface area contributed by atoms with E-state index in [9.17, 15) is 0 Å². The zero-order chi connectivity index (χ0) is 11.5. The maximum Gasteiger partial charge on any atom is 0.0330 e. The lowest BCUT2D eigenvalue weighted by molar-refractivity contribution is -0.00173. The van der Waals surface area contributed by atoms with Crippen LogP contribution >= 0.6 is 0 Å². The molecule has 1 atom stereocenters. The van der Waals surface area contributed by atoms with Gasteiger partial charge in [-0.05, 0) is 26.8 Å². The van der Waals surface area contributed by atoms with Crippen LogP contribution in [0.3, 0.4) is 0 Å². The van der Waals surface area contributed by atoms with E-state index in [-0.39, 0.29) is 5.54 Å². The average Bonchev–Trinajstić information content (AvgIpc) is 2.23. The number of nitrogens with zero attached hydrogens (tertiary/aromatic N) is 2. The van der Waals surface area contributed by atoms with Crippen molar-refractivity contribution in [2.45, 2.75) is 45.2 Å². The number of likely N-dealkylation sites (N-methyl/N-ethyl adjacent to an activating group) is 1. The molecule has 90 valence electrons. The highest BCUT2D eigenvalue weighted by Crippen LogP contribution is 2.27.